The lowest BCUT2D eigenvalue weighted by atomic mass is 10.1. The van der Waals surface area contributed by atoms with E-state index in [1.807, 2.05) is 31.2 Å². The molecule has 0 saturated carbocycles. The predicted molar refractivity (Wildman–Crippen MR) is 71.3 cm³/mol. The first-order chi connectivity index (χ1) is 8.11. The molecular weight excluding hydrogens is 234 g/mol. The predicted octanol–water partition coefficient (Wildman–Crippen LogP) is 3.81. The maximum atomic E-state index is 9.92. The number of aliphatic hydroxyl groups is 1. The zero-order valence-corrected chi connectivity index (χ0v) is 10.4. The Bertz CT molecular complexity index is 565. The van der Waals surface area contributed by atoms with Gasteiger partial charge in [0.25, 0.3) is 0 Å². The maximum Gasteiger partial charge on any atom is 0.135 e. The van der Waals surface area contributed by atoms with Gasteiger partial charge in [-0.05, 0) is 31.0 Å². The minimum Gasteiger partial charge on any atom is -0.388 e. The molecule has 0 fully saturated rings. The molecule has 3 heteroatoms. The average Bonchev–Trinajstić information content (AvgIpc) is 2.28. The molecule has 0 radical (unpaired) electrons. The molecule has 0 saturated heterocycles. The number of aliphatic hydroxyl groups excluding tert-OH is 1. The molecule has 0 amide bonds. The van der Waals surface area contributed by atoms with E-state index in [1.165, 1.54) is 0 Å². The summed E-state index contributed by atoms with van der Waals surface area (Å²) in [6.45, 7) is 5.62. The minimum atomic E-state index is -0.641. The lowest BCUT2D eigenvalue weighted by molar-refractivity contribution is 0.181. The molecule has 1 aromatic carbocycles. The number of benzene rings is 1. The fourth-order valence-electron chi connectivity index (χ4n) is 1.79. The van der Waals surface area contributed by atoms with Crippen molar-refractivity contribution in [2.75, 3.05) is 0 Å². The van der Waals surface area contributed by atoms with Crippen LogP contribution in [0.5, 0.6) is 0 Å². The van der Waals surface area contributed by atoms with E-state index < -0.39 is 6.10 Å². The number of rotatable bonds is 3. The van der Waals surface area contributed by atoms with Gasteiger partial charge in [0.15, 0.2) is 0 Å². The first kappa shape index (κ1) is 12.1. The van der Waals surface area contributed by atoms with Crippen molar-refractivity contribution >= 4 is 22.5 Å². The van der Waals surface area contributed by atoms with Crippen molar-refractivity contribution in [3.8, 4) is 0 Å². The van der Waals surface area contributed by atoms with Gasteiger partial charge in [0.2, 0.25) is 0 Å². The fraction of sp³-hybridized carbons (Fsp3) is 0.214. The Labute approximate surface area is 106 Å². The summed E-state index contributed by atoms with van der Waals surface area (Å²) in [6, 6.07) is 7.86. The molecule has 1 unspecified atom stereocenters. The Kier molecular flexibility index (Phi) is 3.46. The lowest BCUT2D eigenvalue weighted by Gasteiger charge is -2.11. The first-order valence-corrected chi connectivity index (χ1v) is 5.85. The zero-order valence-electron chi connectivity index (χ0n) is 9.65. The number of aromatic nitrogens is 1. The highest BCUT2D eigenvalue weighted by atomic mass is 35.5. The number of hydrogen-bond donors (Lipinski definition) is 1. The van der Waals surface area contributed by atoms with E-state index in [-0.39, 0.29) is 0 Å². The summed E-state index contributed by atoms with van der Waals surface area (Å²) in [6.07, 6.45) is 1.50. The molecule has 1 N–H and O–H groups in total. The minimum absolute atomic E-state index is 0.359. The Morgan fingerprint density at radius 3 is 2.94 bits per heavy atom. The van der Waals surface area contributed by atoms with Crippen LogP contribution in [0.3, 0.4) is 0 Å². The molecule has 0 bridgehead atoms. The molecule has 88 valence electrons. The summed E-state index contributed by atoms with van der Waals surface area (Å²) in [5.41, 5.74) is 2.65. The summed E-state index contributed by atoms with van der Waals surface area (Å²) in [5.74, 6) is 0. The lowest BCUT2D eigenvalue weighted by Crippen LogP contribution is -1.98. The first-order valence-electron chi connectivity index (χ1n) is 5.47. The number of fused-ring (bicyclic) bond motifs is 1. The van der Waals surface area contributed by atoms with Crippen molar-refractivity contribution in [1.29, 1.82) is 0 Å². The third kappa shape index (κ3) is 2.48. The van der Waals surface area contributed by atoms with Gasteiger partial charge in [0, 0.05) is 10.9 Å². The molecule has 2 aromatic rings. The van der Waals surface area contributed by atoms with Gasteiger partial charge in [-0.1, -0.05) is 29.8 Å². The SMILES string of the molecule is C=CCC(O)c1cc2ccc(C)cc2nc1Cl. The molecule has 2 nitrogen and oxygen atoms in total. The topological polar surface area (TPSA) is 33.1 Å². The van der Waals surface area contributed by atoms with Crippen LogP contribution < -0.4 is 0 Å². The van der Waals surface area contributed by atoms with Crippen LogP contribution in [0.1, 0.15) is 23.7 Å². The van der Waals surface area contributed by atoms with Crippen LogP contribution >= 0.6 is 11.6 Å². The standard InChI is InChI=1S/C14H14ClNO/c1-3-4-13(17)11-8-10-6-5-9(2)7-12(10)16-14(11)15/h3,5-8,13,17H,1,4H2,2H3. The third-order valence-corrected chi connectivity index (χ3v) is 3.01. The number of halogens is 1. The smallest absolute Gasteiger partial charge is 0.135 e. The largest absolute Gasteiger partial charge is 0.388 e. The summed E-state index contributed by atoms with van der Waals surface area (Å²) in [5, 5.41) is 11.3. The summed E-state index contributed by atoms with van der Waals surface area (Å²) in [7, 11) is 0. The summed E-state index contributed by atoms with van der Waals surface area (Å²) < 4.78 is 0. The quantitative estimate of drug-likeness (QED) is 0.661. The zero-order chi connectivity index (χ0) is 12.4. The Morgan fingerprint density at radius 1 is 1.47 bits per heavy atom. The van der Waals surface area contributed by atoms with E-state index >= 15 is 0 Å². The van der Waals surface area contributed by atoms with E-state index in [2.05, 4.69) is 11.6 Å². The monoisotopic (exact) mass is 247 g/mol. The van der Waals surface area contributed by atoms with Crippen molar-refractivity contribution in [3.05, 3.63) is 53.2 Å². The summed E-state index contributed by atoms with van der Waals surface area (Å²) >= 11 is 6.08. The molecule has 2 rings (SSSR count). The number of hydrogen-bond acceptors (Lipinski definition) is 2. The van der Waals surface area contributed by atoms with Crippen molar-refractivity contribution in [1.82, 2.24) is 4.98 Å². The summed E-state index contributed by atoms with van der Waals surface area (Å²) in [4.78, 5) is 4.31. The Balaban J connectivity index is 2.55. The van der Waals surface area contributed by atoms with Gasteiger partial charge in [-0.25, -0.2) is 4.98 Å². The van der Waals surface area contributed by atoms with E-state index in [9.17, 15) is 5.11 Å². The molecule has 1 atom stereocenters. The number of pyridine rings is 1. The van der Waals surface area contributed by atoms with Gasteiger partial charge in [-0.3, -0.25) is 0 Å². The highest BCUT2D eigenvalue weighted by Gasteiger charge is 2.12. The van der Waals surface area contributed by atoms with E-state index in [1.54, 1.807) is 6.08 Å². The van der Waals surface area contributed by atoms with Gasteiger partial charge in [0.1, 0.15) is 5.15 Å². The Morgan fingerprint density at radius 2 is 2.24 bits per heavy atom. The van der Waals surface area contributed by atoms with Crippen molar-refractivity contribution in [2.45, 2.75) is 19.4 Å². The molecule has 0 aliphatic heterocycles. The molecule has 17 heavy (non-hydrogen) atoms. The van der Waals surface area contributed by atoms with E-state index in [0.29, 0.717) is 17.1 Å². The maximum absolute atomic E-state index is 9.92. The van der Waals surface area contributed by atoms with Crippen LogP contribution in [0.25, 0.3) is 10.9 Å². The second kappa shape index (κ2) is 4.86. The fourth-order valence-corrected chi connectivity index (χ4v) is 2.06. The molecule has 1 aromatic heterocycles. The van der Waals surface area contributed by atoms with Crippen LogP contribution in [0.4, 0.5) is 0 Å². The molecule has 0 aliphatic rings. The average molecular weight is 248 g/mol. The highest BCUT2D eigenvalue weighted by molar-refractivity contribution is 6.30. The Hall–Kier alpha value is -1.38. The van der Waals surface area contributed by atoms with Crippen LogP contribution in [-0.4, -0.2) is 10.1 Å². The van der Waals surface area contributed by atoms with Gasteiger partial charge in [-0.2, -0.15) is 0 Å². The highest BCUT2D eigenvalue weighted by Crippen LogP contribution is 2.28. The second-order valence-electron chi connectivity index (χ2n) is 4.10. The van der Waals surface area contributed by atoms with Crippen LogP contribution in [-0.2, 0) is 0 Å². The number of aryl methyl sites for hydroxylation is 1. The van der Waals surface area contributed by atoms with Crippen LogP contribution in [0.15, 0.2) is 36.9 Å². The molecular formula is C14H14ClNO. The van der Waals surface area contributed by atoms with Gasteiger partial charge in [-0.15, -0.1) is 6.58 Å². The molecule has 1 heterocycles. The van der Waals surface area contributed by atoms with E-state index in [0.717, 1.165) is 16.5 Å². The van der Waals surface area contributed by atoms with Crippen molar-refractivity contribution in [3.63, 3.8) is 0 Å². The van der Waals surface area contributed by atoms with Crippen molar-refractivity contribution < 1.29 is 5.11 Å². The van der Waals surface area contributed by atoms with Crippen LogP contribution in [0, 0.1) is 6.92 Å². The van der Waals surface area contributed by atoms with Crippen LogP contribution in [0.2, 0.25) is 5.15 Å². The third-order valence-electron chi connectivity index (χ3n) is 2.70. The van der Waals surface area contributed by atoms with Gasteiger partial charge in [0.05, 0.1) is 11.6 Å². The molecule has 0 aliphatic carbocycles. The molecule has 0 spiro atoms. The van der Waals surface area contributed by atoms with Gasteiger partial charge < -0.3 is 5.11 Å². The number of nitrogens with zero attached hydrogens (tertiary/aromatic N) is 1. The normalized spacial score (nSPS) is 12.6. The van der Waals surface area contributed by atoms with Crippen molar-refractivity contribution in [2.24, 2.45) is 0 Å². The van der Waals surface area contributed by atoms with Gasteiger partial charge >= 0.3 is 0 Å². The van der Waals surface area contributed by atoms with E-state index in [4.69, 9.17) is 11.6 Å². The second-order valence-corrected chi connectivity index (χ2v) is 4.46.